The van der Waals surface area contributed by atoms with E-state index in [-0.39, 0.29) is 24.3 Å². The predicted octanol–water partition coefficient (Wildman–Crippen LogP) is 4.09. The van der Waals surface area contributed by atoms with Crippen LogP contribution in [0.4, 0.5) is 13.2 Å². The Morgan fingerprint density at radius 2 is 2.14 bits per heavy atom. The molecule has 3 atom stereocenters. The molecule has 1 aliphatic carbocycles. The zero-order valence-corrected chi connectivity index (χ0v) is 16.5. The number of alkyl halides is 3. The Balaban J connectivity index is 1.97. The van der Waals surface area contributed by atoms with Crippen molar-refractivity contribution in [2.75, 3.05) is 0 Å². The first-order chi connectivity index (χ1) is 13.7. The van der Waals surface area contributed by atoms with E-state index in [0.29, 0.717) is 11.2 Å². The molecule has 152 valence electrons. The maximum Gasteiger partial charge on any atom is 0.435 e. The number of aryl methyl sites for hydroxylation is 1. The SMILES string of the molecule is C=C/C=C(/Cn1ccc(C(F)(F)F)n1)N=c1cc(C)cc(C2C(C)C2C#N)n1C. The maximum absolute atomic E-state index is 12.8. The average molecular weight is 401 g/mol. The van der Waals surface area contributed by atoms with Gasteiger partial charge in [-0.05, 0) is 42.7 Å². The van der Waals surface area contributed by atoms with Crippen molar-refractivity contribution < 1.29 is 13.2 Å². The number of halogens is 3. The molecule has 2 heterocycles. The molecule has 0 aliphatic heterocycles. The standard InChI is InChI=1S/C21H22F3N5/c1-5-6-15(12-29-8-7-18(27-29)21(22,23)24)26-19-10-13(2)9-17(28(19)4)20-14(3)16(20)11-25/h5-10,14,16,20H,1,12H2,2-4H3/b15-6-,26-19?. The number of nitrogens with zero attached hydrogens (tertiary/aromatic N) is 5. The molecule has 3 unspecified atom stereocenters. The van der Waals surface area contributed by atoms with Crippen molar-refractivity contribution in [3.63, 3.8) is 0 Å². The molecule has 0 aromatic carbocycles. The molecular formula is C21H22F3N5. The van der Waals surface area contributed by atoms with Crippen molar-refractivity contribution in [1.29, 1.82) is 5.26 Å². The van der Waals surface area contributed by atoms with Crippen molar-refractivity contribution in [1.82, 2.24) is 14.3 Å². The normalized spacial score (nSPS) is 22.4. The highest BCUT2D eigenvalue weighted by Crippen LogP contribution is 2.52. The van der Waals surface area contributed by atoms with Crippen LogP contribution in [0.15, 0.2) is 53.8 Å². The summed E-state index contributed by atoms with van der Waals surface area (Å²) in [6.45, 7) is 7.75. The van der Waals surface area contributed by atoms with Crippen LogP contribution in [0.1, 0.15) is 29.8 Å². The van der Waals surface area contributed by atoms with Gasteiger partial charge in [0.1, 0.15) is 5.49 Å². The largest absolute Gasteiger partial charge is 0.435 e. The van der Waals surface area contributed by atoms with Gasteiger partial charge in [0.15, 0.2) is 5.69 Å². The monoisotopic (exact) mass is 401 g/mol. The summed E-state index contributed by atoms with van der Waals surface area (Å²) in [7, 11) is 1.88. The van der Waals surface area contributed by atoms with Gasteiger partial charge in [-0.1, -0.05) is 19.6 Å². The molecule has 8 heteroatoms. The lowest BCUT2D eigenvalue weighted by molar-refractivity contribution is -0.141. The minimum atomic E-state index is -4.49. The summed E-state index contributed by atoms with van der Waals surface area (Å²) in [4.78, 5) is 4.65. The topological polar surface area (TPSA) is 58.9 Å². The van der Waals surface area contributed by atoms with Gasteiger partial charge >= 0.3 is 6.18 Å². The van der Waals surface area contributed by atoms with Gasteiger partial charge in [-0.25, -0.2) is 4.99 Å². The van der Waals surface area contributed by atoms with Crippen molar-refractivity contribution >= 4 is 0 Å². The van der Waals surface area contributed by atoms with Crippen LogP contribution in [0.2, 0.25) is 0 Å². The Bertz CT molecular complexity index is 1070. The molecule has 5 nitrogen and oxygen atoms in total. The van der Waals surface area contributed by atoms with E-state index in [0.717, 1.165) is 17.3 Å². The summed E-state index contributed by atoms with van der Waals surface area (Å²) in [5.41, 5.74) is 2.27. The molecule has 2 aromatic heterocycles. The molecule has 1 aliphatic rings. The van der Waals surface area contributed by atoms with E-state index in [1.54, 1.807) is 12.2 Å². The van der Waals surface area contributed by atoms with Crippen LogP contribution in [-0.4, -0.2) is 14.3 Å². The average Bonchev–Trinajstić information content (AvgIpc) is 3.04. The lowest BCUT2D eigenvalue weighted by Gasteiger charge is -2.12. The molecule has 0 bridgehead atoms. The third-order valence-electron chi connectivity index (χ3n) is 5.16. The molecular weight excluding hydrogens is 379 g/mol. The predicted molar refractivity (Wildman–Crippen MR) is 102 cm³/mol. The lowest BCUT2D eigenvalue weighted by Crippen LogP contribution is -2.22. The quantitative estimate of drug-likeness (QED) is 0.709. The van der Waals surface area contributed by atoms with Crippen LogP contribution < -0.4 is 5.49 Å². The van der Waals surface area contributed by atoms with Gasteiger partial charge in [-0.3, -0.25) is 4.68 Å². The van der Waals surface area contributed by atoms with Crippen molar-refractivity contribution in [2.24, 2.45) is 23.9 Å². The summed E-state index contributed by atoms with van der Waals surface area (Å²) in [6.07, 6.45) is -0.0195. The minimum absolute atomic E-state index is 0.0103. The summed E-state index contributed by atoms with van der Waals surface area (Å²) in [5.74, 6) is 0.434. The van der Waals surface area contributed by atoms with Crippen LogP contribution in [0.5, 0.6) is 0 Å². The van der Waals surface area contributed by atoms with E-state index in [1.165, 1.54) is 10.9 Å². The van der Waals surface area contributed by atoms with E-state index in [4.69, 9.17) is 0 Å². The van der Waals surface area contributed by atoms with Gasteiger partial charge in [0, 0.05) is 24.9 Å². The fourth-order valence-corrected chi connectivity index (χ4v) is 3.52. The summed E-state index contributed by atoms with van der Waals surface area (Å²) >= 11 is 0. The van der Waals surface area contributed by atoms with Crippen molar-refractivity contribution in [2.45, 2.75) is 32.5 Å². The van der Waals surface area contributed by atoms with Gasteiger partial charge in [0.25, 0.3) is 0 Å². The van der Waals surface area contributed by atoms with Gasteiger partial charge in [-0.15, -0.1) is 0 Å². The number of aromatic nitrogens is 3. The van der Waals surface area contributed by atoms with Crippen LogP contribution in [0, 0.1) is 30.1 Å². The number of rotatable bonds is 5. The first-order valence-electron chi connectivity index (χ1n) is 9.20. The smallest absolute Gasteiger partial charge is 0.333 e. The van der Waals surface area contributed by atoms with Crippen LogP contribution >= 0.6 is 0 Å². The van der Waals surface area contributed by atoms with E-state index < -0.39 is 11.9 Å². The first-order valence-corrected chi connectivity index (χ1v) is 9.20. The second-order valence-electron chi connectivity index (χ2n) is 7.32. The van der Waals surface area contributed by atoms with E-state index in [1.807, 2.05) is 24.6 Å². The summed E-state index contributed by atoms with van der Waals surface area (Å²) in [6, 6.07) is 7.23. The second-order valence-corrected chi connectivity index (χ2v) is 7.32. The number of allylic oxidation sites excluding steroid dienone is 3. The van der Waals surface area contributed by atoms with Crippen molar-refractivity contribution in [3.8, 4) is 6.07 Å². The molecule has 0 spiro atoms. The van der Waals surface area contributed by atoms with Gasteiger partial charge < -0.3 is 4.57 Å². The molecule has 1 saturated carbocycles. The van der Waals surface area contributed by atoms with Crippen molar-refractivity contribution in [3.05, 3.63) is 71.3 Å². The van der Waals surface area contributed by atoms with Gasteiger partial charge in [0.2, 0.25) is 0 Å². The highest BCUT2D eigenvalue weighted by Gasteiger charge is 2.49. The molecule has 29 heavy (non-hydrogen) atoms. The van der Waals surface area contributed by atoms with E-state index >= 15 is 0 Å². The highest BCUT2D eigenvalue weighted by molar-refractivity contribution is 5.30. The van der Waals surface area contributed by atoms with Crippen LogP contribution in [0.3, 0.4) is 0 Å². The Labute approximate surface area is 167 Å². The highest BCUT2D eigenvalue weighted by atomic mass is 19.4. The zero-order chi connectivity index (χ0) is 21.3. The zero-order valence-electron chi connectivity index (χ0n) is 16.5. The van der Waals surface area contributed by atoms with E-state index in [9.17, 15) is 18.4 Å². The number of pyridine rings is 1. The fourth-order valence-electron chi connectivity index (χ4n) is 3.52. The van der Waals surface area contributed by atoms with Crippen LogP contribution in [-0.2, 0) is 19.8 Å². The Hall–Kier alpha value is -3.08. The molecule has 3 rings (SSSR count). The lowest BCUT2D eigenvalue weighted by atomic mass is 10.1. The fraction of sp³-hybridized carbons (Fsp3) is 0.381. The molecule has 0 saturated heterocycles. The minimum Gasteiger partial charge on any atom is -0.333 e. The number of hydrogen-bond acceptors (Lipinski definition) is 3. The first kappa shape index (κ1) is 20.6. The Morgan fingerprint density at radius 1 is 1.41 bits per heavy atom. The second kappa shape index (κ2) is 7.74. The van der Waals surface area contributed by atoms with E-state index in [2.05, 4.69) is 35.7 Å². The molecule has 1 fully saturated rings. The number of nitriles is 1. The summed E-state index contributed by atoms with van der Waals surface area (Å²) < 4.78 is 41.5. The van der Waals surface area contributed by atoms with Crippen LogP contribution in [0.25, 0.3) is 0 Å². The maximum atomic E-state index is 12.8. The molecule has 0 radical (unpaired) electrons. The third-order valence-corrected chi connectivity index (χ3v) is 5.16. The third kappa shape index (κ3) is 4.34. The summed E-state index contributed by atoms with van der Waals surface area (Å²) in [5, 5.41) is 12.9. The molecule has 0 amide bonds. The Kier molecular flexibility index (Phi) is 5.51. The molecule has 2 aromatic rings. The molecule has 0 N–H and O–H groups in total. The Morgan fingerprint density at radius 3 is 2.69 bits per heavy atom. The van der Waals surface area contributed by atoms with Gasteiger partial charge in [-0.2, -0.15) is 23.5 Å². The number of hydrogen-bond donors (Lipinski definition) is 0. The van der Waals surface area contributed by atoms with Gasteiger partial charge in [0.05, 0.1) is 24.2 Å².